The maximum Gasteiger partial charge on any atom is 0.286 e. The summed E-state index contributed by atoms with van der Waals surface area (Å²) >= 11 is 0. The highest BCUT2D eigenvalue weighted by Gasteiger charge is 2.05. The molecule has 0 unspecified atom stereocenters. The smallest absolute Gasteiger partial charge is 0.286 e. The van der Waals surface area contributed by atoms with E-state index in [1.807, 2.05) is 36.5 Å². The predicted molar refractivity (Wildman–Crippen MR) is 93.2 cm³/mol. The van der Waals surface area contributed by atoms with Gasteiger partial charge in [-0.3, -0.25) is 25.1 Å². The Morgan fingerprint density at radius 1 is 1.12 bits per heavy atom. The zero-order valence-corrected chi connectivity index (χ0v) is 13.3. The Morgan fingerprint density at radius 2 is 1.96 bits per heavy atom. The Kier molecular flexibility index (Phi) is 5.06. The quantitative estimate of drug-likeness (QED) is 0.490. The summed E-state index contributed by atoms with van der Waals surface area (Å²) in [7, 11) is 0. The van der Waals surface area contributed by atoms with Crippen LogP contribution in [0.4, 0.5) is 0 Å². The number of rotatable bonds is 5. The van der Waals surface area contributed by atoms with Crippen LogP contribution in [0.1, 0.15) is 21.6 Å². The van der Waals surface area contributed by atoms with Gasteiger partial charge in [-0.1, -0.05) is 30.3 Å². The Bertz CT molecular complexity index is 866. The monoisotopic (exact) mass is 335 g/mol. The molecule has 0 aliphatic heterocycles. The van der Waals surface area contributed by atoms with E-state index in [4.69, 9.17) is 0 Å². The lowest BCUT2D eigenvalue weighted by atomic mass is 10.2. The van der Waals surface area contributed by atoms with Gasteiger partial charge < -0.3 is 4.98 Å². The average molecular weight is 335 g/mol. The third-order valence-corrected chi connectivity index (χ3v) is 3.41. The van der Waals surface area contributed by atoms with Gasteiger partial charge >= 0.3 is 0 Å². The molecule has 7 heteroatoms. The van der Waals surface area contributed by atoms with Crippen LogP contribution in [0.15, 0.2) is 67.1 Å². The number of amides is 2. The van der Waals surface area contributed by atoms with Crippen molar-refractivity contribution in [1.29, 1.82) is 0 Å². The molecular weight excluding hydrogens is 318 g/mol. The van der Waals surface area contributed by atoms with Crippen molar-refractivity contribution in [2.75, 3.05) is 0 Å². The number of hydrazine groups is 1. The van der Waals surface area contributed by atoms with Crippen LogP contribution in [0.5, 0.6) is 0 Å². The number of hydrogen-bond donors (Lipinski definition) is 3. The van der Waals surface area contributed by atoms with Gasteiger partial charge in [-0.25, -0.2) is 0 Å². The largest absolute Gasteiger partial charge is 0.357 e. The molecule has 1 aromatic carbocycles. The van der Waals surface area contributed by atoms with Crippen LogP contribution >= 0.6 is 0 Å². The lowest BCUT2D eigenvalue weighted by molar-refractivity contribution is -0.117. The number of nitrogens with one attached hydrogen (secondary N) is 3. The standard InChI is InChI=1S/C18H17N5O2/c24-17(21-22-18(25)16-7-4-10-19-16)9-8-15-11-20-23(13-15)12-14-5-2-1-3-6-14/h1-11,13,19H,12H2,(H,21,24)(H,22,25)/b9-8+. The van der Waals surface area contributed by atoms with Gasteiger partial charge in [-0.15, -0.1) is 0 Å². The van der Waals surface area contributed by atoms with Crippen LogP contribution in [0.3, 0.4) is 0 Å². The number of carbonyl (C=O) groups excluding carboxylic acids is 2. The number of aromatic amines is 1. The van der Waals surface area contributed by atoms with E-state index in [0.29, 0.717) is 12.2 Å². The fraction of sp³-hybridized carbons (Fsp3) is 0.0556. The summed E-state index contributed by atoms with van der Waals surface area (Å²) in [5, 5.41) is 4.26. The van der Waals surface area contributed by atoms with Crippen molar-refractivity contribution < 1.29 is 9.59 Å². The summed E-state index contributed by atoms with van der Waals surface area (Å²) in [5.41, 5.74) is 6.94. The lowest BCUT2D eigenvalue weighted by Crippen LogP contribution is -2.40. The molecule has 0 atom stereocenters. The number of aromatic nitrogens is 3. The van der Waals surface area contributed by atoms with E-state index in [9.17, 15) is 9.59 Å². The van der Waals surface area contributed by atoms with E-state index in [-0.39, 0.29) is 0 Å². The summed E-state index contributed by atoms with van der Waals surface area (Å²) in [6.07, 6.45) is 8.10. The molecule has 0 saturated heterocycles. The van der Waals surface area contributed by atoms with Crippen LogP contribution in [0, 0.1) is 0 Å². The second kappa shape index (κ2) is 7.78. The summed E-state index contributed by atoms with van der Waals surface area (Å²) in [6, 6.07) is 13.3. The molecule has 7 nitrogen and oxygen atoms in total. The highest BCUT2D eigenvalue weighted by atomic mass is 16.2. The van der Waals surface area contributed by atoms with Crippen molar-refractivity contribution in [3.05, 3.63) is 84.0 Å². The highest BCUT2D eigenvalue weighted by Crippen LogP contribution is 2.05. The first-order valence-electron chi connectivity index (χ1n) is 7.69. The minimum Gasteiger partial charge on any atom is -0.357 e. The van der Waals surface area contributed by atoms with Crippen molar-refractivity contribution in [3.63, 3.8) is 0 Å². The van der Waals surface area contributed by atoms with E-state index in [1.54, 1.807) is 35.3 Å². The molecule has 2 heterocycles. The topological polar surface area (TPSA) is 91.8 Å². The van der Waals surface area contributed by atoms with Crippen LogP contribution in [0.25, 0.3) is 6.08 Å². The molecule has 0 aliphatic rings. The number of carbonyl (C=O) groups is 2. The van der Waals surface area contributed by atoms with Crippen LogP contribution in [-0.2, 0) is 11.3 Å². The summed E-state index contributed by atoms with van der Waals surface area (Å²) < 4.78 is 1.79. The molecule has 0 saturated carbocycles. The Balaban J connectivity index is 1.50. The summed E-state index contributed by atoms with van der Waals surface area (Å²) in [4.78, 5) is 26.2. The minimum absolute atomic E-state index is 0.367. The second-order valence-electron chi connectivity index (χ2n) is 5.32. The van der Waals surface area contributed by atoms with E-state index in [2.05, 4.69) is 20.9 Å². The molecular formula is C18H17N5O2. The van der Waals surface area contributed by atoms with Crippen LogP contribution in [0.2, 0.25) is 0 Å². The number of hydrogen-bond acceptors (Lipinski definition) is 3. The first-order valence-corrected chi connectivity index (χ1v) is 7.69. The van der Waals surface area contributed by atoms with E-state index >= 15 is 0 Å². The molecule has 0 spiro atoms. The first-order chi connectivity index (χ1) is 12.2. The predicted octanol–water partition coefficient (Wildman–Crippen LogP) is 1.73. The van der Waals surface area contributed by atoms with Gasteiger partial charge in [-0.05, 0) is 23.8 Å². The summed E-state index contributed by atoms with van der Waals surface area (Å²) in [6.45, 7) is 0.660. The molecule has 2 aromatic heterocycles. The molecule has 0 aliphatic carbocycles. The molecule has 25 heavy (non-hydrogen) atoms. The third kappa shape index (κ3) is 4.68. The molecule has 126 valence electrons. The fourth-order valence-electron chi connectivity index (χ4n) is 2.19. The maximum atomic E-state index is 11.7. The molecule has 2 amide bonds. The average Bonchev–Trinajstić information content (AvgIpc) is 3.31. The lowest BCUT2D eigenvalue weighted by Gasteiger charge is -2.03. The zero-order chi connectivity index (χ0) is 17.5. The van der Waals surface area contributed by atoms with E-state index in [1.165, 1.54) is 6.08 Å². The van der Waals surface area contributed by atoms with Gasteiger partial charge in [0.1, 0.15) is 5.69 Å². The van der Waals surface area contributed by atoms with Gasteiger partial charge in [0.05, 0.1) is 12.7 Å². The van der Waals surface area contributed by atoms with E-state index < -0.39 is 11.8 Å². The maximum absolute atomic E-state index is 11.7. The SMILES string of the molecule is O=C(/C=C/c1cnn(Cc2ccccc2)c1)NNC(=O)c1ccc[nH]1. The van der Waals surface area contributed by atoms with Crippen molar-refractivity contribution in [1.82, 2.24) is 25.6 Å². The van der Waals surface area contributed by atoms with Crippen LogP contribution < -0.4 is 10.9 Å². The Hall–Kier alpha value is -3.61. The van der Waals surface area contributed by atoms with Gasteiger partial charge in [0.2, 0.25) is 0 Å². The number of nitrogens with zero attached hydrogens (tertiary/aromatic N) is 2. The zero-order valence-electron chi connectivity index (χ0n) is 13.3. The number of benzene rings is 1. The number of H-pyrrole nitrogens is 1. The molecule has 0 bridgehead atoms. The normalized spacial score (nSPS) is 10.7. The van der Waals surface area contributed by atoms with Crippen molar-refractivity contribution >= 4 is 17.9 Å². The van der Waals surface area contributed by atoms with Gasteiger partial charge in [0, 0.05) is 24.0 Å². The summed E-state index contributed by atoms with van der Waals surface area (Å²) in [5.74, 6) is -0.849. The fourth-order valence-corrected chi connectivity index (χ4v) is 2.19. The molecule has 0 radical (unpaired) electrons. The van der Waals surface area contributed by atoms with Crippen molar-refractivity contribution in [3.8, 4) is 0 Å². The molecule has 3 N–H and O–H groups in total. The van der Waals surface area contributed by atoms with Crippen molar-refractivity contribution in [2.24, 2.45) is 0 Å². The highest BCUT2D eigenvalue weighted by molar-refractivity contribution is 5.96. The molecule has 3 rings (SSSR count). The minimum atomic E-state index is -0.435. The molecule has 3 aromatic rings. The van der Waals surface area contributed by atoms with Gasteiger partial charge in [0.25, 0.3) is 11.8 Å². The second-order valence-corrected chi connectivity index (χ2v) is 5.32. The first kappa shape index (κ1) is 16.3. The van der Waals surface area contributed by atoms with Crippen molar-refractivity contribution in [2.45, 2.75) is 6.54 Å². The van der Waals surface area contributed by atoms with Gasteiger partial charge in [-0.2, -0.15) is 5.10 Å². The van der Waals surface area contributed by atoms with Gasteiger partial charge in [0.15, 0.2) is 0 Å². The Morgan fingerprint density at radius 3 is 2.72 bits per heavy atom. The Labute approximate surface area is 144 Å². The van der Waals surface area contributed by atoms with E-state index in [0.717, 1.165) is 11.1 Å². The third-order valence-electron chi connectivity index (χ3n) is 3.41. The molecule has 0 fully saturated rings. The van der Waals surface area contributed by atoms with Crippen LogP contribution in [-0.4, -0.2) is 26.6 Å².